The van der Waals surface area contributed by atoms with E-state index in [1.54, 1.807) is 0 Å². The third-order valence-corrected chi connectivity index (χ3v) is 3.65. The third-order valence-electron chi connectivity index (χ3n) is 3.65. The van der Waals surface area contributed by atoms with Crippen molar-refractivity contribution in [3.8, 4) is 0 Å². The molecule has 14 heavy (non-hydrogen) atoms. The van der Waals surface area contributed by atoms with Crippen molar-refractivity contribution in [3.63, 3.8) is 0 Å². The zero-order valence-corrected chi connectivity index (χ0v) is 9.24. The van der Waals surface area contributed by atoms with Gasteiger partial charge in [-0.25, -0.2) is 4.98 Å². The molecule has 0 bridgehead atoms. The Kier molecular flexibility index (Phi) is 2.90. The SMILES string of the molecule is CCC1CCC(n2ccnc2C)CC1. The maximum Gasteiger partial charge on any atom is 0.105 e. The highest BCUT2D eigenvalue weighted by molar-refractivity contribution is 4.93. The van der Waals surface area contributed by atoms with E-state index in [0.29, 0.717) is 0 Å². The lowest BCUT2D eigenvalue weighted by Gasteiger charge is -2.29. The van der Waals surface area contributed by atoms with E-state index in [2.05, 4.69) is 29.6 Å². The van der Waals surface area contributed by atoms with Gasteiger partial charge in [0.25, 0.3) is 0 Å². The van der Waals surface area contributed by atoms with Gasteiger partial charge in [-0.2, -0.15) is 0 Å². The molecule has 0 aromatic carbocycles. The quantitative estimate of drug-likeness (QED) is 0.702. The number of rotatable bonds is 2. The van der Waals surface area contributed by atoms with Crippen LogP contribution in [-0.4, -0.2) is 9.55 Å². The zero-order chi connectivity index (χ0) is 9.97. The smallest absolute Gasteiger partial charge is 0.105 e. The minimum Gasteiger partial charge on any atom is -0.332 e. The summed E-state index contributed by atoms with van der Waals surface area (Å²) in [5.74, 6) is 2.15. The average Bonchev–Trinajstić information content (AvgIpc) is 2.65. The summed E-state index contributed by atoms with van der Waals surface area (Å²) in [4.78, 5) is 4.29. The normalized spacial score (nSPS) is 27.9. The lowest BCUT2D eigenvalue weighted by Crippen LogP contribution is -2.18. The molecular weight excluding hydrogens is 172 g/mol. The molecule has 1 aliphatic carbocycles. The second-order valence-corrected chi connectivity index (χ2v) is 4.46. The molecule has 0 amide bonds. The highest BCUT2D eigenvalue weighted by Crippen LogP contribution is 2.33. The Bertz CT molecular complexity index is 282. The Balaban J connectivity index is 1.99. The highest BCUT2D eigenvalue weighted by atomic mass is 15.1. The molecule has 2 heteroatoms. The van der Waals surface area contributed by atoms with Gasteiger partial charge >= 0.3 is 0 Å². The number of hydrogen-bond acceptors (Lipinski definition) is 1. The van der Waals surface area contributed by atoms with E-state index in [1.165, 1.54) is 37.9 Å². The molecule has 0 saturated heterocycles. The topological polar surface area (TPSA) is 17.8 Å². The first-order chi connectivity index (χ1) is 6.81. The van der Waals surface area contributed by atoms with E-state index in [1.807, 2.05) is 6.20 Å². The van der Waals surface area contributed by atoms with Crippen molar-refractivity contribution >= 4 is 0 Å². The van der Waals surface area contributed by atoms with Crippen molar-refractivity contribution in [2.75, 3.05) is 0 Å². The van der Waals surface area contributed by atoms with Gasteiger partial charge in [-0.05, 0) is 38.5 Å². The van der Waals surface area contributed by atoms with Crippen LogP contribution in [0.25, 0.3) is 0 Å². The predicted octanol–water partition coefficient (Wildman–Crippen LogP) is 3.33. The summed E-state index contributed by atoms with van der Waals surface area (Å²) in [6.07, 6.45) is 10.9. The third kappa shape index (κ3) is 1.84. The van der Waals surface area contributed by atoms with E-state index >= 15 is 0 Å². The maximum absolute atomic E-state index is 4.29. The molecule has 1 aliphatic rings. The molecular formula is C12H20N2. The Labute approximate surface area is 86.3 Å². The Morgan fingerprint density at radius 2 is 2.07 bits per heavy atom. The second kappa shape index (κ2) is 4.16. The van der Waals surface area contributed by atoms with E-state index in [-0.39, 0.29) is 0 Å². The minimum absolute atomic E-state index is 0.722. The molecule has 1 saturated carbocycles. The van der Waals surface area contributed by atoms with Crippen molar-refractivity contribution in [2.24, 2.45) is 5.92 Å². The van der Waals surface area contributed by atoms with Crippen LogP contribution in [0.4, 0.5) is 0 Å². The first kappa shape index (κ1) is 9.75. The molecule has 0 unspecified atom stereocenters. The van der Waals surface area contributed by atoms with Crippen LogP contribution in [0, 0.1) is 12.8 Å². The highest BCUT2D eigenvalue weighted by Gasteiger charge is 2.21. The van der Waals surface area contributed by atoms with E-state index in [4.69, 9.17) is 0 Å². The van der Waals surface area contributed by atoms with Gasteiger partial charge in [-0.3, -0.25) is 0 Å². The van der Waals surface area contributed by atoms with Gasteiger partial charge in [-0.1, -0.05) is 13.3 Å². The zero-order valence-electron chi connectivity index (χ0n) is 9.24. The molecule has 1 aromatic rings. The summed E-state index contributed by atoms with van der Waals surface area (Å²) in [5, 5.41) is 0. The lowest BCUT2D eigenvalue weighted by atomic mass is 9.84. The fraction of sp³-hybridized carbons (Fsp3) is 0.750. The van der Waals surface area contributed by atoms with Crippen molar-refractivity contribution in [1.29, 1.82) is 0 Å². The van der Waals surface area contributed by atoms with Crippen LogP contribution >= 0.6 is 0 Å². The van der Waals surface area contributed by atoms with Crippen LogP contribution in [0.15, 0.2) is 12.4 Å². The molecule has 2 nitrogen and oxygen atoms in total. The number of imidazole rings is 1. The number of aryl methyl sites for hydroxylation is 1. The molecule has 0 radical (unpaired) electrons. The molecule has 2 rings (SSSR count). The Hall–Kier alpha value is -0.790. The largest absolute Gasteiger partial charge is 0.332 e. The summed E-state index contributed by atoms with van der Waals surface area (Å²) in [5.41, 5.74) is 0. The van der Waals surface area contributed by atoms with Crippen LogP contribution in [0.2, 0.25) is 0 Å². The minimum atomic E-state index is 0.722. The van der Waals surface area contributed by atoms with Crippen LogP contribution < -0.4 is 0 Å². The molecule has 78 valence electrons. The monoisotopic (exact) mass is 192 g/mol. The summed E-state index contributed by atoms with van der Waals surface area (Å²) in [6.45, 7) is 4.42. The summed E-state index contributed by atoms with van der Waals surface area (Å²) in [7, 11) is 0. The first-order valence-corrected chi connectivity index (χ1v) is 5.80. The number of aromatic nitrogens is 2. The molecule has 1 heterocycles. The van der Waals surface area contributed by atoms with Crippen LogP contribution in [0.5, 0.6) is 0 Å². The van der Waals surface area contributed by atoms with Gasteiger partial charge < -0.3 is 4.57 Å². The van der Waals surface area contributed by atoms with Gasteiger partial charge in [-0.15, -0.1) is 0 Å². The molecule has 0 N–H and O–H groups in total. The summed E-state index contributed by atoms with van der Waals surface area (Å²) >= 11 is 0. The summed E-state index contributed by atoms with van der Waals surface area (Å²) < 4.78 is 2.35. The predicted molar refractivity (Wildman–Crippen MR) is 58.3 cm³/mol. The van der Waals surface area contributed by atoms with Gasteiger partial charge in [0, 0.05) is 18.4 Å². The van der Waals surface area contributed by atoms with Crippen LogP contribution in [0.1, 0.15) is 50.9 Å². The fourth-order valence-corrected chi connectivity index (χ4v) is 2.60. The maximum atomic E-state index is 4.29. The van der Waals surface area contributed by atoms with Crippen molar-refractivity contribution in [2.45, 2.75) is 52.0 Å². The second-order valence-electron chi connectivity index (χ2n) is 4.46. The molecule has 0 atom stereocenters. The van der Waals surface area contributed by atoms with Gasteiger partial charge in [0.1, 0.15) is 5.82 Å². The Morgan fingerprint density at radius 1 is 1.36 bits per heavy atom. The van der Waals surface area contributed by atoms with Crippen LogP contribution in [0.3, 0.4) is 0 Å². The molecule has 0 spiro atoms. The summed E-state index contributed by atoms with van der Waals surface area (Å²) in [6, 6.07) is 0.722. The van der Waals surface area contributed by atoms with Crippen molar-refractivity contribution in [3.05, 3.63) is 18.2 Å². The number of nitrogens with zero attached hydrogens (tertiary/aromatic N) is 2. The fourth-order valence-electron chi connectivity index (χ4n) is 2.60. The standard InChI is InChI=1S/C12H20N2/c1-3-11-4-6-12(7-5-11)14-9-8-13-10(14)2/h8-9,11-12H,3-7H2,1-2H3. The van der Waals surface area contributed by atoms with E-state index in [0.717, 1.165) is 12.0 Å². The molecule has 1 fully saturated rings. The average molecular weight is 192 g/mol. The Morgan fingerprint density at radius 3 is 2.57 bits per heavy atom. The van der Waals surface area contributed by atoms with E-state index in [9.17, 15) is 0 Å². The van der Waals surface area contributed by atoms with Crippen molar-refractivity contribution < 1.29 is 0 Å². The molecule has 0 aliphatic heterocycles. The van der Waals surface area contributed by atoms with Crippen molar-refractivity contribution in [1.82, 2.24) is 9.55 Å². The van der Waals surface area contributed by atoms with Gasteiger partial charge in [0.15, 0.2) is 0 Å². The molecule has 1 aromatic heterocycles. The van der Waals surface area contributed by atoms with Gasteiger partial charge in [0.05, 0.1) is 0 Å². The van der Waals surface area contributed by atoms with Gasteiger partial charge in [0.2, 0.25) is 0 Å². The first-order valence-electron chi connectivity index (χ1n) is 5.80. The van der Waals surface area contributed by atoms with Crippen LogP contribution in [-0.2, 0) is 0 Å². The van der Waals surface area contributed by atoms with E-state index < -0.39 is 0 Å². The number of hydrogen-bond donors (Lipinski definition) is 0. The lowest BCUT2D eigenvalue weighted by molar-refractivity contribution is 0.267.